The van der Waals surface area contributed by atoms with Crippen molar-refractivity contribution < 1.29 is 4.74 Å². The van der Waals surface area contributed by atoms with E-state index >= 15 is 0 Å². The van der Waals surface area contributed by atoms with E-state index < -0.39 is 0 Å². The lowest BCUT2D eigenvalue weighted by Crippen LogP contribution is -2.30. The number of hydrogen-bond donors (Lipinski definition) is 1. The van der Waals surface area contributed by atoms with Crippen LogP contribution < -0.4 is 5.32 Å². The van der Waals surface area contributed by atoms with Crippen molar-refractivity contribution >= 4 is 0 Å². The number of likely N-dealkylation sites (N-methyl/N-ethyl adjacent to an activating group) is 1. The molecule has 0 saturated heterocycles. The molecule has 0 amide bonds. The summed E-state index contributed by atoms with van der Waals surface area (Å²) in [6.07, 6.45) is 0. The van der Waals surface area contributed by atoms with Crippen molar-refractivity contribution in [3.05, 3.63) is 34.9 Å². The molecule has 1 aromatic carbocycles. The maximum Gasteiger partial charge on any atom is 0.0587 e. The third-order valence-corrected chi connectivity index (χ3v) is 3.10. The highest BCUT2D eigenvalue weighted by atomic mass is 16.5. The highest BCUT2D eigenvalue weighted by Gasteiger charge is 2.03. The van der Waals surface area contributed by atoms with Gasteiger partial charge in [-0.25, -0.2) is 0 Å². The fourth-order valence-electron chi connectivity index (χ4n) is 1.91. The zero-order valence-electron chi connectivity index (χ0n) is 12.1. The normalized spacial score (nSPS) is 11.2. The molecular formula is C15H26N2O. The molecule has 0 saturated carbocycles. The number of hydrogen-bond acceptors (Lipinski definition) is 3. The number of rotatable bonds is 8. The molecule has 18 heavy (non-hydrogen) atoms. The van der Waals surface area contributed by atoms with Crippen molar-refractivity contribution in [1.29, 1.82) is 0 Å². The van der Waals surface area contributed by atoms with E-state index in [2.05, 4.69) is 49.3 Å². The Bertz CT molecular complexity index is 352. The molecule has 3 heteroatoms. The highest BCUT2D eigenvalue weighted by Crippen LogP contribution is 2.12. The van der Waals surface area contributed by atoms with Gasteiger partial charge in [0, 0.05) is 33.3 Å². The molecule has 0 fully saturated rings. The Kier molecular flexibility index (Phi) is 6.94. The largest absolute Gasteiger partial charge is 0.383 e. The molecule has 1 rings (SSSR count). The summed E-state index contributed by atoms with van der Waals surface area (Å²) in [5.74, 6) is 0. The van der Waals surface area contributed by atoms with Gasteiger partial charge in [0.25, 0.3) is 0 Å². The zero-order chi connectivity index (χ0) is 13.4. The summed E-state index contributed by atoms with van der Waals surface area (Å²) >= 11 is 0. The Hall–Kier alpha value is -0.900. The molecule has 1 N–H and O–H groups in total. The number of nitrogens with one attached hydrogen (secondary N) is 1. The van der Waals surface area contributed by atoms with Gasteiger partial charge >= 0.3 is 0 Å². The minimum absolute atomic E-state index is 0.778. The van der Waals surface area contributed by atoms with Crippen LogP contribution in [-0.4, -0.2) is 45.3 Å². The summed E-state index contributed by atoms with van der Waals surface area (Å²) in [4.78, 5) is 2.35. The number of aryl methyl sites for hydroxylation is 2. The van der Waals surface area contributed by atoms with Gasteiger partial charge < -0.3 is 15.0 Å². The second-order valence-electron chi connectivity index (χ2n) is 4.91. The topological polar surface area (TPSA) is 24.5 Å². The predicted molar refractivity (Wildman–Crippen MR) is 77.0 cm³/mol. The molecule has 0 atom stereocenters. The quantitative estimate of drug-likeness (QED) is 0.714. The van der Waals surface area contributed by atoms with E-state index in [1.54, 1.807) is 7.11 Å². The van der Waals surface area contributed by atoms with Gasteiger partial charge in [0.1, 0.15) is 0 Å². The first-order chi connectivity index (χ1) is 8.63. The van der Waals surface area contributed by atoms with Crippen LogP contribution in [0.1, 0.15) is 16.7 Å². The molecule has 0 radical (unpaired) electrons. The van der Waals surface area contributed by atoms with Crippen molar-refractivity contribution in [2.45, 2.75) is 20.4 Å². The molecule has 3 nitrogen and oxygen atoms in total. The number of methoxy groups -OCH3 is 1. The fraction of sp³-hybridized carbons (Fsp3) is 0.600. The van der Waals surface area contributed by atoms with Crippen LogP contribution in [0.5, 0.6) is 0 Å². The van der Waals surface area contributed by atoms with Crippen molar-refractivity contribution in [1.82, 2.24) is 10.2 Å². The van der Waals surface area contributed by atoms with E-state index in [-0.39, 0.29) is 0 Å². The molecule has 102 valence electrons. The lowest BCUT2D eigenvalue weighted by Gasteiger charge is -2.18. The average molecular weight is 250 g/mol. The standard InChI is InChI=1S/C15H26N2O/c1-13-5-6-14(2)15(11-13)12-17(3)9-7-16-8-10-18-4/h5-6,11,16H,7-10,12H2,1-4H3. The van der Waals surface area contributed by atoms with Gasteiger partial charge in [-0.3, -0.25) is 0 Å². The molecule has 0 aliphatic rings. The zero-order valence-corrected chi connectivity index (χ0v) is 12.1. The number of ether oxygens (including phenoxy) is 1. The van der Waals surface area contributed by atoms with E-state index in [4.69, 9.17) is 4.74 Å². The predicted octanol–water partition coefficient (Wildman–Crippen LogP) is 1.97. The molecule has 0 aliphatic heterocycles. The van der Waals surface area contributed by atoms with Crippen LogP contribution in [0.15, 0.2) is 18.2 Å². The van der Waals surface area contributed by atoms with E-state index in [0.717, 1.165) is 32.8 Å². The highest BCUT2D eigenvalue weighted by molar-refractivity contribution is 5.30. The molecule has 0 aromatic heterocycles. The molecule has 0 aliphatic carbocycles. The summed E-state index contributed by atoms with van der Waals surface area (Å²) < 4.78 is 5.00. The molecule has 0 spiro atoms. The van der Waals surface area contributed by atoms with E-state index in [0.29, 0.717) is 0 Å². The van der Waals surface area contributed by atoms with Crippen LogP contribution in [0.3, 0.4) is 0 Å². The van der Waals surface area contributed by atoms with Crippen molar-refractivity contribution in [3.63, 3.8) is 0 Å². The van der Waals surface area contributed by atoms with Gasteiger partial charge in [-0.15, -0.1) is 0 Å². The average Bonchev–Trinajstić information content (AvgIpc) is 2.33. The first kappa shape index (κ1) is 15.2. The summed E-state index contributed by atoms with van der Waals surface area (Å²) in [6, 6.07) is 6.66. The van der Waals surface area contributed by atoms with Gasteiger partial charge in [-0.2, -0.15) is 0 Å². The van der Waals surface area contributed by atoms with Crippen LogP contribution in [0.25, 0.3) is 0 Å². The lowest BCUT2D eigenvalue weighted by molar-refractivity contribution is 0.197. The molecule has 0 heterocycles. The maximum absolute atomic E-state index is 5.00. The Morgan fingerprint density at radius 1 is 1.22 bits per heavy atom. The lowest BCUT2D eigenvalue weighted by atomic mass is 10.1. The Labute approximate surface area is 111 Å². The molecule has 0 bridgehead atoms. The van der Waals surface area contributed by atoms with E-state index in [9.17, 15) is 0 Å². The third-order valence-electron chi connectivity index (χ3n) is 3.10. The number of benzene rings is 1. The van der Waals surface area contributed by atoms with Crippen LogP contribution in [-0.2, 0) is 11.3 Å². The van der Waals surface area contributed by atoms with Crippen LogP contribution >= 0.6 is 0 Å². The van der Waals surface area contributed by atoms with Gasteiger partial charge in [0.15, 0.2) is 0 Å². The number of nitrogens with zero attached hydrogens (tertiary/aromatic N) is 1. The summed E-state index contributed by atoms with van der Waals surface area (Å²) in [5, 5.41) is 3.36. The van der Waals surface area contributed by atoms with Crippen molar-refractivity contribution in [2.24, 2.45) is 0 Å². The minimum atomic E-state index is 0.778. The Morgan fingerprint density at radius 3 is 2.72 bits per heavy atom. The van der Waals surface area contributed by atoms with Gasteiger partial charge in [0.2, 0.25) is 0 Å². The summed E-state index contributed by atoms with van der Waals surface area (Å²) in [5.41, 5.74) is 4.14. The van der Waals surface area contributed by atoms with Crippen molar-refractivity contribution in [2.75, 3.05) is 40.4 Å². The molecular weight excluding hydrogens is 224 g/mol. The van der Waals surface area contributed by atoms with Crippen LogP contribution in [0.4, 0.5) is 0 Å². The van der Waals surface area contributed by atoms with Gasteiger partial charge in [-0.05, 0) is 32.0 Å². The first-order valence-corrected chi connectivity index (χ1v) is 6.58. The van der Waals surface area contributed by atoms with Gasteiger partial charge in [-0.1, -0.05) is 23.8 Å². The second-order valence-corrected chi connectivity index (χ2v) is 4.91. The van der Waals surface area contributed by atoms with Crippen molar-refractivity contribution in [3.8, 4) is 0 Å². The maximum atomic E-state index is 5.00. The van der Waals surface area contributed by atoms with Crippen LogP contribution in [0.2, 0.25) is 0 Å². The van der Waals surface area contributed by atoms with E-state index in [1.807, 2.05) is 0 Å². The smallest absolute Gasteiger partial charge is 0.0587 e. The summed E-state index contributed by atoms with van der Waals surface area (Å²) in [6.45, 7) is 9.10. The first-order valence-electron chi connectivity index (χ1n) is 6.58. The SMILES string of the molecule is COCCNCCN(C)Cc1cc(C)ccc1C. The second kappa shape index (κ2) is 8.25. The molecule has 1 aromatic rings. The molecule has 0 unspecified atom stereocenters. The van der Waals surface area contributed by atoms with Gasteiger partial charge in [0.05, 0.1) is 6.61 Å². The van der Waals surface area contributed by atoms with Crippen LogP contribution in [0, 0.1) is 13.8 Å². The monoisotopic (exact) mass is 250 g/mol. The Morgan fingerprint density at radius 2 is 2.00 bits per heavy atom. The third kappa shape index (κ3) is 5.63. The van der Waals surface area contributed by atoms with E-state index in [1.165, 1.54) is 16.7 Å². The Balaban J connectivity index is 2.30. The minimum Gasteiger partial charge on any atom is -0.383 e. The fourth-order valence-corrected chi connectivity index (χ4v) is 1.91. The summed E-state index contributed by atoms with van der Waals surface area (Å²) in [7, 11) is 3.90.